The fourth-order valence-corrected chi connectivity index (χ4v) is 2.02. The maximum atomic E-state index is 10.8. The Morgan fingerprint density at radius 1 is 1.17 bits per heavy atom. The molecule has 0 aliphatic heterocycles. The lowest BCUT2D eigenvalue weighted by Gasteiger charge is -1.98. The summed E-state index contributed by atoms with van der Waals surface area (Å²) < 4.78 is 0. The van der Waals surface area contributed by atoms with Crippen LogP contribution < -0.4 is 0 Å². The van der Waals surface area contributed by atoms with E-state index >= 15 is 0 Å². The van der Waals surface area contributed by atoms with Gasteiger partial charge in [0, 0.05) is 0 Å². The lowest BCUT2D eigenvalue weighted by Crippen LogP contribution is -2.01. The molecule has 0 fully saturated rings. The van der Waals surface area contributed by atoms with Gasteiger partial charge in [-0.3, -0.25) is 0 Å². The normalized spacial score (nSPS) is 13.9. The van der Waals surface area contributed by atoms with Gasteiger partial charge in [-0.25, -0.2) is 0 Å². The van der Waals surface area contributed by atoms with Crippen LogP contribution in [0.3, 0.4) is 0 Å². The van der Waals surface area contributed by atoms with Crippen molar-refractivity contribution in [3.63, 3.8) is 0 Å². The monoisotopic (exact) mass is 185 g/mol. The summed E-state index contributed by atoms with van der Waals surface area (Å²) in [7, 11) is -1.50. The van der Waals surface area contributed by atoms with Gasteiger partial charge in [0.05, 0.1) is 0 Å². The Labute approximate surface area is 78.2 Å². The van der Waals surface area contributed by atoms with E-state index in [-0.39, 0.29) is 0 Å². The van der Waals surface area contributed by atoms with Crippen molar-refractivity contribution in [3.8, 4) is 0 Å². The summed E-state index contributed by atoms with van der Waals surface area (Å²) in [6.07, 6.45) is 10.5. The van der Waals surface area contributed by atoms with Gasteiger partial charge >= 0.3 is 0 Å². The third-order valence-electron chi connectivity index (χ3n) is 1.88. The molecular weight excluding hydrogens is 164 g/mol. The molecule has 0 rings (SSSR count). The predicted molar refractivity (Wildman–Crippen MR) is 56.4 cm³/mol. The summed E-state index contributed by atoms with van der Waals surface area (Å²) in [5.74, 6) is 0. The van der Waals surface area contributed by atoms with Gasteiger partial charge in [0.1, 0.15) is 0 Å². The molecule has 0 spiro atoms. The van der Waals surface area contributed by atoms with Gasteiger partial charge in [0.25, 0.3) is 0 Å². The molecule has 0 aliphatic rings. The van der Waals surface area contributed by atoms with E-state index in [1.807, 2.05) is 6.55 Å². The second-order valence-corrected chi connectivity index (χ2v) is 5.53. The van der Waals surface area contributed by atoms with Gasteiger partial charge in [-0.05, 0) is 31.9 Å². The molecule has 12 heavy (non-hydrogen) atoms. The molecule has 0 aromatic carbocycles. The fourth-order valence-electron chi connectivity index (χ4n) is 1.16. The lowest BCUT2D eigenvalue weighted by atomic mass is 10.2. The largest absolute Gasteiger partial charge is 0.302 e. The number of allylic oxidation sites excluding steroid dienone is 2. The molecule has 1 unspecified atom stereocenters. The molecule has 1 radical (unpaired) electrons. The Morgan fingerprint density at radius 2 is 1.92 bits per heavy atom. The van der Waals surface area contributed by atoms with Crippen molar-refractivity contribution in [1.29, 1.82) is 0 Å². The molecule has 0 N–H and O–H groups in total. The number of hydrogen-bond acceptors (Lipinski definition) is 0. The van der Waals surface area contributed by atoms with E-state index in [2.05, 4.69) is 19.1 Å². The summed E-state index contributed by atoms with van der Waals surface area (Å²) >= 11 is 0. The van der Waals surface area contributed by atoms with Crippen molar-refractivity contribution in [2.45, 2.75) is 51.6 Å². The molecule has 0 bridgehead atoms. The summed E-state index contributed by atoms with van der Waals surface area (Å²) in [5, 5.41) is 0. The highest BCUT2D eigenvalue weighted by Crippen LogP contribution is 2.05. The number of unbranched alkanes of at least 4 members (excludes halogenated alkanes) is 3. The van der Waals surface area contributed by atoms with Gasteiger partial charge < -0.3 is 4.80 Å². The molecule has 0 aromatic rings. The third kappa shape index (κ3) is 9.92. The average molecular weight is 185 g/mol. The van der Waals surface area contributed by atoms with Crippen molar-refractivity contribution in [3.05, 3.63) is 12.2 Å². The van der Waals surface area contributed by atoms with Gasteiger partial charge in [-0.15, -0.1) is 0 Å². The number of rotatable bonds is 7. The quantitative estimate of drug-likeness (QED) is 0.329. The van der Waals surface area contributed by atoms with Crippen molar-refractivity contribution in [1.82, 2.24) is 0 Å². The summed E-state index contributed by atoms with van der Waals surface area (Å²) in [6.45, 7) is 4.04. The maximum absolute atomic E-state index is 10.8. The highest BCUT2D eigenvalue weighted by Gasteiger charge is 1.98. The topological polar surface area (TPSA) is 19.9 Å². The molecule has 0 aromatic heterocycles. The summed E-state index contributed by atoms with van der Waals surface area (Å²) in [4.78, 5) is 10.8. The Hall–Kier alpha value is -0.0831. The first kappa shape index (κ1) is 11.9. The minimum Gasteiger partial charge on any atom is -0.302 e. The Kier molecular flexibility index (Phi) is 8.95. The van der Waals surface area contributed by atoms with Gasteiger partial charge in [-0.1, -0.05) is 31.9 Å². The second kappa shape index (κ2) is 9.01. The van der Waals surface area contributed by atoms with Crippen LogP contribution in [0.5, 0.6) is 0 Å². The van der Waals surface area contributed by atoms with Gasteiger partial charge in [-0.2, -0.15) is 0 Å². The van der Waals surface area contributed by atoms with E-state index in [1.165, 1.54) is 19.3 Å². The van der Waals surface area contributed by atoms with Crippen molar-refractivity contribution in [2.75, 3.05) is 0 Å². The first-order valence-corrected chi connectivity index (χ1v) is 7.52. The summed E-state index contributed by atoms with van der Waals surface area (Å²) in [5.41, 5.74) is 0. The molecule has 2 heteroatoms. The van der Waals surface area contributed by atoms with Crippen LogP contribution in [0.2, 0.25) is 12.6 Å². The van der Waals surface area contributed by atoms with Crippen LogP contribution in [-0.2, 0) is 4.80 Å². The van der Waals surface area contributed by atoms with E-state index in [0.29, 0.717) is 0 Å². The van der Waals surface area contributed by atoms with Crippen LogP contribution in [0.4, 0.5) is 0 Å². The Morgan fingerprint density at radius 3 is 2.50 bits per heavy atom. The molecule has 0 amide bonds. The highest BCUT2D eigenvalue weighted by molar-refractivity contribution is 6.48. The van der Waals surface area contributed by atoms with Crippen LogP contribution in [-0.4, -0.2) is 9.04 Å². The Bertz CT molecular complexity index is 110. The van der Waals surface area contributed by atoms with Gasteiger partial charge in [0.2, 0.25) is 9.04 Å². The van der Waals surface area contributed by atoms with Crippen molar-refractivity contribution < 1.29 is 4.80 Å². The molecule has 0 saturated carbocycles. The molecule has 0 aliphatic carbocycles. The van der Waals surface area contributed by atoms with Crippen LogP contribution in [0.25, 0.3) is 0 Å². The van der Waals surface area contributed by atoms with Gasteiger partial charge in [0.15, 0.2) is 0 Å². The van der Waals surface area contributed by atoms with E-state index in [9.17, 15) is 4.80 Å². The van der Waals surface area contributed by atoms with E-state index < -0.39 is 9.04 Å². The first-order chi connectivity index (χ1) is 5.77. The number of hydrogen-bond donors (Lipinski definition) is 0. The molecule has 0 saturated heterocycles. The molecular formula is C10H21OSi. The molecule has 0 heterocycles. The fraction of sp³-hybridized carbons (Fsp3) is 0.800. The van der Waals surface area contributed by atoms with Crippen LogP contribution in [0.15, 0.2) is 12.2 Å². The van der Waals surface area contributed by atoms with Crippen molar-refractivity contribution >= 4 is 9.04 Å². The van der Waals surface area contributed by atoms with Crippen LogP contribution in [0.1, 0.15) is 39.0 Å². The molecule has 1 nitrogen and oxygen atoms in total. The van der Waals surface area contributed by atoms with Crippen LogP contribution >= 0.6 is 0 Å². The zero-order valence-electron chi connectivity index (χ0n) is 8.38. The SMILES string of the molecule is CCC=CCCCCC[SiH](C)[O]. The zero-order chi connectivity index (χ0) is 9.23. The minimum atomic E-state index is -1.50. The Balaban J connectivity index is 2.96. The van der Waals surface area contributed by atoms with E-state index in [4.69, 9.17) is 0 Å². The first-order valence-electron chi connectivity index (χ1n) is 5.08. The standard InChI is InChI=1S/C10H21OSi/c1-3-4-5-6-7-8-9-10-12(2)11/h4-5,12H,3,6-10H2,1-2H3. The van der Waals surface area contributed by atoms with Crippen LogP contribution in [0, 0.1) is 0 Å². The second-order valence-electron chi connectivity index (χ2n) is 3.33. The third-order valence-corrected chi connectivity index (χ3v) is 3.11. The molecule has 71 valence electrons. The van der Waals surface area contributed by atoms with E-state index in [1.54, 1.807) is 0 Å². The summed E-state index contributed by atoms with van der Waals surface area (Å²) in [6, 6.07) is 0.984. The molecule has 1 atom stereocenters. The average Bonchev–Trinajstić information content (AvgIpc) is 2.02. The highest BCUT2D eigenvalue weighted by atomic mass is 28.3. The van der Waals surface area contributed by atoms with E-state index in [0.717, 1.165) is 18.9 Å². The smallest absolute Gasteiger partial charge is 0.219 e. The minimum absolute atomic E-state index is 0.984. The zero-order valence-corrected chi connectivity index (χ0v) is 9.54. The lowest BCUT2D eigenvalue weighted by molar-refractivity contribution is 0.448. The maximum Gasteiger partial charge on any atom is 0.219 e. The predicted octanol–water partition coefficient (Wildman–Crippen LogP) is 3.30. The van der Waals surface area contributed by atoms with Crippen molar-refractivity contribution in [2.24, 2.45) is 0 Å².